The van der Waals surface area contributed by atoms with Crippen LogP contribution in [0.25, 0.3) is 22.2 Å². The molecule has 1 aromatic carbocycles. The number of hydrogen-bond acceptors (Lipinski definition) is 6. The van der Waals surface area contributed by atoms with E-state index in [1.165, 1.54) is 0 Å². The zero-order valence-electron chi connectivity index (χ0n) is 17.0. The topological polar surface area (TPSA) is 71.5 Å². The maximum atomic E-state index is 12.3. The maximum Gasteiger partial charge on any atom is 0.410 e. The van der Waals surface area contributed by atoms with Crippen molar-refractivity contribution in [1.29, 1.82) is 0 Å². The fourth-order valence-electron chi connectivity index (χ4n) is 3.33. The Kier molecular flexibility index (Phi) is 5.05. The van der Waals surface area contributed by atoms with E-state index in [0.29, 0.717) is 26.2 Å². The monoisotopic (exact) mass is 391 g/mol. The van der Waals surface area contributed by atoms with Crippen LogP contribution in [0.3, 0.4) is 0 Å². The van der Waals surface area contributed by atoms with E-state index in [4.69, 9.17) is 4.74 Å². The number of anilines is 1. The van der Waals surface area contributed by atoms with Gasteiger partial charge < -0.3 is 14.5 Å². The third-order valence-corrected chi connectivity index (χ3v) is 4.79. The van der Waals surface area contributed by atoms with Gasteiger partial charge in [-0.3, -0.25) is 4.98 Å². The van der Waals surface area contributed by atoms with Gasteiger partial charge in [0.05, 0.1) is 11.2 Å². The van der Waals surface area contributed by atoms with E-state index in [1.54, 1.807) is 11.2 Å². The lowest BCUT2D eigenvalue weighted by Crippen LogP contribution is -2.50. The van der Waals surface area contributed by atoms with E-state index in [-0.39, 0.29) is 6.09 Å². The van der Waals surface area contributed by atoms with Gasteiger partial charge in [-0.2, -0.15) is 0 Å². The molecule has 29 heavy (non-hydrogen) atoms. The smallest absolute Gasteiger partial charge is 0.410 e. The summed E-state index contributed by atoms with van der Waals surface area (Å²) in [7, 11) is 0. The molecule has 0 bridgehead atoms. The number of amides is 1. The molecule has 7 nitrogen and oxygen atoms in total. The summed E-state index contributed by atoms with van der Waals surface area (Å²) in [5.41, 5.74) is 2.27. The van der Waals surface area contributed by atoms with Crippen molar-refractivity contribution in [2.75, 3.05) is 31.1 Å². The molecule has 3 aromatic rings. The van der Waals surface area contributed by atoms with Gasteiger partial charge in [0.1, 0.15) is 17.7 Å². The van der Waals surface area contributed by atoms with Crippen LogP contribution in [0, 0.1) is 0 Å². The number of para-hydroxylation sites is 1. The molecule has 0 aliphatic carbocycles. The standard InChI is InChI=1S/C22H25N5O2/c1-22(2,3)29-21(28)27-10-8-26(9-11-27)20-13-19(24-15-25-20)17-12-16-6-4-5-7-18(16)23-14-17/h4-7,12-15H,8-11H2,1-3H3. The molecule has 0 unspecified atom stereocenters. The minimum atomic E-state index is -0.482. The van der Waals surface area contributed by atoms with Crippen molar-refractivity contribution in [1.82, 2.24) is 19.9 Å². The lowest BCUT2D eigenvalue weighted by atomic mass is 10.1. The van der Waals surface area contributed by atoms with Gasteiger partial charge in [-0.1, -0.05) is 18.2 Å². The Labute approximate surface area is 170 Å². The van der Waals surface area contributed by atoms with Gasteiger partial charge in [-0.25, -0.2) is 14.8 Å². The third-order valence-electron chi connectivity index (χ3n) is 4.79. The summed E-state index contributed by atoms with van der Waals surface area (Å²) >= 11 is 0. The molecule has 1 aliphatic heterocycles. The summed E-state index contributed by atoms with van der Waals surface area (Å²) in [5.74, 6) is 0.854. The van der Waals surface area contributed by atoms with E-state index in [0.717, 1.165) is 28.0 Å². The van der Waals surface area contributed by atoms with Crippen molar-refractivity contribution in [3.8, 4) is 11.3 Å². The fourth-order valence-corrected chi connectivity index (χ4v) is 3.33. The molecule has 0 radical (unpaired) electrons. The Morgan fingerprint density at radius 2 is 1.76 bits per heavy atom. The quantitative estimate of drug-likeness (QED) is 0.663. The van der Waals surface area contributed by atoms with Gasteiger partial charge in [0.2, 0.25) is 0 Å². The number of carbonyl (C=O) groups is 1. The number of aromatic nitrogens is 3. The van der Waals surface area contributed by atoms with Crippen LogP contribution in [0.4, 0.5) is 10.6 Å². The number of pyridine rings is 1. The predicted molar refractivity (Wildman–Crippen MR) is 113 cm³/mol. The number of piperazine rings is 1. The van der Waals surface area contributed by atoms with Crippen molar-refractivity contribution in [2.24, 2.45) is 0 Å². The van der Waals surface area contributed by atoms with E-state index < -0.39 is 5.60 Å². The number of benzene rings is 1. The molecule has 1 aliphatic rings. The first kappa shape index (κ1) is 19.1. The zero-order valence-corrected chi connectivity index (χ0v) is 17.0. The average Bonchev–Trinajstić information content (AvgIpc) is 2.72. The van der Waals surface area contributed by atoms with Crippen molar-refractivity contribution in [3.05, 3.63) is 48.9 Å². The van der Waals surface area contributed by atoms with Gasteiger partial charge in [0.15, 0.2) is 0 Å². The summed E-state index contributed by atoms with van der Waals surface area (Å²) in [5, 5.41) is 1.08. The molecule has 7 heteroatoms. The second kappa shape index (κ2) is 7.66. The number of rotatable bonds is 2. The fraction of sp³-hybridized carbons (Fsp3) is 0.364. The molecule has 3 heterocycles. The first-order chi connectivity index (χ1) is 13.9. The highest BCUT2D eigenvalue weighted by Crippen LogP contribution is 2.24. The summed E-state index contributed by atoms with van der Waals surface area (Å²) in [4.78, 5) is 29.6. The number of carbonyl (C=O) groups excluding carboxylic acids is 1. The minimum absolute atomic E-state index is 0.261. The van der Waals surface area contributed by atoms with Gasteiger partial charge in [-0.15, -0.1) is 0 Å². The maximum absolute atomic E-state index is 12.3. The van der Waals surface area contributed by atoms with Crippen LogP contribution in [0.2, 0.25) is 0 Å². The molecule has 1 amide bonds. The highest BCUT2D eigenvalue weighted by atomic mass is 16.6. The Bertz CT molecular complexity index is 1020. The molecule has 0 atom stereocenters. The van der Waals surface area contributed by atoms with E-state index >= 15 is 0 Å². The van der Waals surface area contributed by atoms with Crippen LogP contribution in [0.1, 0.15) is 20.8 Å². The zero-order chi connectivity index (χ0) is 20.4. The van der Waals surface area contributed by atoms with Crippen LogP contribution in [-0.2, 0) is 4.74 Å². The van der Waals surface area contributed by atoms with E-state index in [9.17, 15) is 4.79 Å². The van der Waals surface area contributed by atoms with Gasteiger partial charge in [0.25, 0.3) is 0 Å². The van der Waals surface area contributed by atoms with Crippen LogP contribution in [0.15, 0.2) is 48.9 Å². The minimum Gasteiger partial charge on any atom is -0.444 e. The molecule has 1 saturated heterocycles. The van der Waals surface area contributed by atoms with E-state index in [1.807, 2.05) is 57.3 Å². The molecule has 0 saturated carbocycles. The number of fused-ring (bicyclic) bond motifs is 1. The Balaban J connectivity index is 1.47. The molecule has 0 spiro atoms. The Hall–Kier alpha value is -3.22. The molecule has 150 valence electrons. The van der Waals surface area contributed by atoms with Crippen molar-refractivity contribution >= 4 is 22.8 Å². The molecular formula is C22H25N5O2. The van der Waals surface area contributed by atoms with Crippen LogP contribution in [0.5, 0.6) is 0 Å². The van der Waals surface area contributed by atoms with Crippen molar-refractivity contribution < 1.29 is 9.53 Å². The van der Waals surface area contributed by atoms with Crippen LogP contribution >= 0.6 is 0 Å². The Morgan fingerprint density at radius 1 is 1.00 bits per heavy atom. The number of hydrogen-bond donors (Lipinski definition) is 0. The highest BCUT2D eigenvalue weighted by molar-refractivity contribution is 5.83. The third kappa shape index (κ3) is 4.45. The molecule has 2 aromatic heterocycles. The number of ether oxygens (including phenoxy) is 1. The van der Waals surface area contributed by atoms with Gasteiger partial charge >= 0.3 is 6.09 Å². The number of nitrogens with zero attached hydrogens (tertiary/aromatic N) is 5. The summed E-state index contributed by atoms with van der Waals surface area (Å²) in [6.45, 7) is 8.25. The summed E-state index contributed by atoms with van der Waals surface area (Å²) in [6.07, 6.45) is 3.16. The lowest BCUT2D eigenvalue weighted by molar-refractivity contribution is 0.0240. The van der Waals surface area contributed by atoms with Gasteiger partial charge in [0, 0.05) is 49.4 Å². The van der Waals surface area contributed by atoms with E-state index in [2.05, 4.69) is 25.9 Å². The lowest BCUT2D eigenvalue weighted by Gasteiger charge is -2.36. The van der Waals surface area contributed by atoms with Crippen molar-refractivity contribution in [3.63, 3.8) is 0 Å². The predicted octanol–water partition coefficient (Wildman–Crippen LogP) is 3.75. The summed E-state index contributed by atoms with van der Waals surface area (Å²) in [6, 6.07) is 12.1. The molecule has 1 fully saturated rings. The Morgan fingerprint density at radius 3 is 2.52 bits per heavy atom. The second-order valence-corrected chi connectivity index (χ2v) is 8.13. The molecule has 0 N–H and O–H groups in total. The SMILES string of the molecule is CC(C)(C)OC(=O)N1CCN(c2cc(-c3cnc4ccccc4c3)ncn2)CC1. The highest BCUT2D eigenvalue weighted by Gasteiger charge is 2.26. The van der Waals surface area contributed by atoms with Crippen LogP contribution < -0.4 is 4.90 Å². The molecule has 4 rings (SSSR count). The van der Waals surface area contributed by atoms with Crippen LogP contribution in [-0.4, -0.2) is 57.7 Å². The summed E-state index contributed by atoms with van der Waals surface area (Å²) < 4.78 is 5.47. The van der Waals surface area contributed by atoms with Gasteiger partial charge in [-0.05, 0) is 32.9 Å². The van der Waals surface area contributed by atoms with Crippen molar-refractivity contribution in [2.45, 2.75) is 26.4 Å². The largest absolute Gasteiger partial charge is 0.444 e. The first-order valence-corrected chi connectivity index (χ1v) is 9.79. The second-order valence-electron chi connectivity index (χ2n) is 8.13. The average molecular weight is 391 g/mol. The molecular weight excluding hydrogens is 366 g/mol. The normalized spacial score (nSPS) is 14.9. The first-order valence-electron chi connectivity index (χ1n) is 9.79.